The summed E-state index contributed by atoms with van der Waals surface area (Å²) in [4.78, 5) is 0. The van der Waals surface area contributed by atoms with E-state index in [0.29, 0.717) is 13.2 Å². The average molecular weight is 229 g/mol. The summed E-state index contributed by atoms with van der Waals surface area (Å²) >= 11 is 0. The number of aliphatic hydroxyl groups is 1. The lowest BCUT2D eigenvalue weighted by Crippen LogP contribution is -2.54. The molecule has 0 radical (unpaired) electrons. The van der Waals surface area contributed by atoms with Gasteiger partial charge in [-0.25, -0.2) is 0 Å². The normalized spacial score (nSPS) is 20.6. The number of nitrogens with one attached hydrogen (secondary N) is 1. The van der Waals surface area contributed by atoms with Crippen LogP contribution in [0.15, 0.2) is 0 Å². The molecular weight excluding hydrogens is 202 g/mol. The highest BCUT2D eigenvalue weighted by Gasteiger charge is 2.39. The first kappa shape index (κ1) is 13.9. The second-order valence-electron chi connectivity index (χ2n) is 6.89. The quantitative estimate of drug-likeness (QED) is 0.753. The monoisotopic (exact) mass is 229 g/mol. The molecule has 1 saturated heterocycles. The molecule has 0 unspecified atom stereocenters. The molecule has 0 aliphatic carbocycles. The van der Waals surface area contributed by atoms with Crippen molar-refractivity contribution in [2.24, 2.45) is 16.2 Å². The third-order valence-electron chi connectivity index (χ3n) is 4.25. The third-order valence-corrected chi connectivity index (χ3v) is 4.25. The fourth-order valence-electron chi connectivity index (χ4n) is 1.55. The largest absolute Gasteiger partial charge is 0.396 e. The fraction of sp³-hybridized carbons (Fsp3) is 1.00. The SMILES string of the molecule is CC(C)(C)C(C)(C)CNCC1(CO)COC1. The molecule has 0 saturated carbocycles. The molecule has 0 aromatic carbocycles. The lowest BCUT2D eigenvalue weighted by molar-refractivity contribution is -0.135. The third kappa shape index (κ3) is 2.96. The van der Waals surface area contributed by atoms with Crippen LogP contribution in [0.1, 0.15) is 34.6 Å². The Morgan fingerprint density at radius 3 is 2.06 bits per heavy atom. The summed E-state index contributed by atoms with van der Waals surface area (Å²) in [5, 5.41) is 12.8. The first-order valence-corrected chi connectivity index (χ1v) is 6.12. The second kappa shape index (κ2) is 4.63. The molecule has 1 heterocycles. The minimum atomic E-state index is -0.0199. The van der Waals surface area contributed by atoms with Crippen LogP contribution in [0, 0.1) is 16.2 Å². The molecule has 16 heavy (non-hydrogen) atoms. The van der Waals surface area contributed by atoms with E-state index in [1.165, 1.54) is 0 Å². The molecule has 0 aromatic rings. The van der Waals surface area contributed by atoms with E-state index in [1.807, 2.05) is 0 Å². The summed E-state index contributed by atoms with van der Waals surface area (Å²) in [5.74, 6) is 0. The molecular formula is C13H27NO2. The highest BCUT2D eigenvalue weighted by molar-refractivity contribution is 4.90. The van der Waals surface area contributed by atoms with Crippen molar-refractivity contribution in [2.45, 2.75) is 34.6 Å². The molecule has 2 N–H and O–H groups in total. The molecule has 0 amide bonds. The summed E-state index contributed by atoms with van der Waals surface area (Å²) in [6.07, 6.45) is 0. The van der Waals surface area contributed by atoms with Crippen molar-refractivity contribution >= 4 is 0 Å². The van der Waals surface area contributed by atoms with Gasteiger partial charge < -0.3 is 15.2 Å². The Hall–Kier alpha value is -0.120. The molecule has 1 fully saturated rings. The Bertz CT molecular complexity index is 221. The van der Waals surface area contributed by atoms with Crippen molar-refractivity contribution in [3.8, 4) is 0 Å². The number of aliphatic hydroxyl groups excluding tert-OH is 1. The van der Waals surface area contributed by atoms with Gasteiger partial charge in [-0.15, -0.1) is 0 Å². The molecule has 0 aromatic heterocycles. The molecule has 1 aliphatic rings. The molecule has 3 heteroatoms. The van der Waals surface area contributed by atoms with Crippen LogP contribution in [0.2, 0.25) is 0 Å². The van der Waals surface area contributed by atoms with E-state index < -0.39 is 0 Å². The van der Waals surface area contributed by atoms with Gasteiger partial charge >= 0.3 is 0 Å². The van der Waals surface area contributed by atoms with E-state index in [0.717, 1.165) is 13.1 Å². The van der Waals surface area contributed by atoms with Gasteiger partial charge in [0.05, 0.1) is 25.2 Å². The van der Waals surface area contributed by atoms with Gasteiger partial charge in [-0.1, -0.05) is 34.6 Å². The minimum absolute atomic E-state index is 0.0199. The Kier molecular flexibility index (Phi) is 4.04. The summed E-state index contributed by atoms with van der Waals surface area (Å²) in [6.45, 7) is 14.8. The van der Waals surface area contributed by atoms with E-state index in [2.05, 4.69) is 39.9 Å². The molecule has 1 rings (SSSR count). The predicted molar refractivity (Wildman–Crippen MR) is 66.4 cm³/mol. The van der Waals surface area contributed by atoms with Crippen LogP contribution in [0.3, 0.4) is 0 Å². The van der Waals surface area contributed by atoms with Gasteiger partial charge in [-0.3, -0.25) is 0 Å². The number of rotatable bonds is 5. The number of hydrogen-bond donors (Lipinski definition) is 2. The van der Waals surface area contributed by atoms with E-state index in [4.69, 9.17) is 4.74 Å². The molecule has 0 spiro atoms. The van der Waals surface area contributed by atoms with Gasteiger partial charge in [0.1, 0.15) is 0 Å². The van der Waals surface area contributed by atoms with Crippen LogP contribution in [0.4, 0.5) is 0 Å². The minimum Gasteiger partial charge on any atom is -0.396 e. The highest BCUT2D eigenvalue weighted by Crippen LogP contribution is 2.37. The van der Waals surface area contributed by atoms with Crippen molar-refractivity contribution in [1.82, 2.24) is 5.32 Å². The van der Waals surface area contributed by atoms with E-state index >= 15 is 0 Å². The Labute approximate surface area is 99.6 Å². The zero-order valence-electron chi connectivity index (χ0n) is 11.4. The highest BCUT2D eigenvalue weighted by atomic mass is 16.5. The average Bonchev–Trinajstić information content (AvgIpc) is 2.07. The van der Waals surface area contributed by atoms with Gasteiger partial charge in [0.25, 0.3) is 0 Å². The molecule has 0 bridgehead atoms. The number of hydrogen-bond acceptors (Lipinski definition) is 3. The van der Waals surface area contributed by atoms with E-state index in [9.17, 15) is 5.11 Å². The van der Waals surface area contributed by atoms with Crippen LogP contribution >= 0.6 is 0 Å². The number of ether oxygens (including phenoxy) is 1. The van der Waals surface area contributed by atoms with E-state index in [-0.39, 0.29) is 22.9 Å². The van der Waals surface area contributed by atoms with Gasteiger partial charge in [-0.05, 0) is 10.8 Å². The first-order valence-electron chi connectivity index (χ1n) is 6.12. The van der Waals surface area contributed by atoms with Crippen LogP contribution in [-0.4, -0.2) is 38.0 Å². The van der Waals surface area contributed by atoms with Gasteiger partial charge in [0, 0.05) is 13.1 Å². The van der Waals surface area contributed by atoms with Crippen molar-refractivity contribution in [3.05, 3.63) is 0 Å². The summed E-state index contributed by atoms with van der Waals surface area (Å²) in [6, 6.07) is 0. The summed E-state index contributed by atoms with van der Waals surface area (Å²) in [7, 11) is 0. The zero-order valence-corrected chi connectivity index (χ0v) is 11.4. The maximum absolute atomic E-state index is 9.31. The first-order chi connectivity index (χ1) is 7.22. The molecule has 1 aliphatic heterocycles. The standard InChI is InChI=1S/C13H27NO2/c1-11(2,3)12(4,5)6-14-7-13(8-15)9-16-10-13/h14-15H,6-10H2,1-5H3. The lowest BCUT2D eigenvalue weighted by atomic mass is 9.69. The Balaban J connectivity index is 2.35. The van der Waals surface area contributed by atoms with Crippen molar-refractivity contribution < 1.29 is 9.84 Å². The smallest absolute Gasteiger partial charge is 0.0579 e. The zero-order chi connectivity index (χ0) is 12.4. The predicted octanol–water partition coefficient (Wildman–Crippen LogP) is 1.66. The van der Waals surface area contributed by atoms with Crippen LogP contribution < -0.4 is 5.32 Å². The maximum Gasteiger partial charge on any atom is 0.0579 e. The van der Waals surface area contributed by atoms with Crippen LogP contribution in [0.5, 0.6) is 0 Å². The topological polar surface area (TPSA) is 41.5 Å². The Morgan fingerprint density at radius 2 is 1.75 bits per heavy atom. The molecule has 3 nitrogen and oxygen atoms in total. The van der Waals surface area contributed by atoms with Crippen molar-refractivity contribution in [2.75, 3.05) is 32.9 Å². The fourth-order valence-corrected chi connectivity index (χ4v) is 1.55. The molecule has 0 atom stereocenters. The van der Waals surface area contributed by atoms with Crippen LogP contribution in [0.25, 0.3) is 0 Å². The van der Waals surface area contributed by atoms with Gasteiger partial charge in [-0.2, -0.15) is 0 Å². The lowest BCUT2D eigenvalue weighted by Gasteiger charge is -2.43. The van der Waals surface area contributed by atoms with Gasteiger partial charge in [0.15, 0.2) is 0 Å². The molecule has 96 valence electrons. The van der Waals surface area contributed by atoms with Crippen LogP contribution in [-0.2, 0) is 4.74 Å². The van der Waals surface area contributed by atoms with Gasteiger partial charge in [0.2, 0.25) is 0 Å². The van der Waals surface area contributed by atoms with E-state index in [1.54, 1.807) is 0 Å². The van der Waals surface area contributed by atoms with Crippen molar-refractivity contribution in [1.29, 1.82) is 0 Å². The second-order valence-corrected chi connectivity index (χ2v) is 6.89. The van der Waals surface area contributed by atoms with Crippen molar-refractivity contribution in [3.63, 3.8) is 0 Å². The summed E-state index contributed by atoms with van der Waals surface area (Å²) in [5.41, 5.74) is 0.505. The maximum atomic E-state index is 9.31. The summed E-state index contributed by atoms with van der Waals surface area (Å²) < 4.78 is 5.18. The Morgan fingerprint density at radius 1 is 1.19 bits per heavy atom.